The van der Waals surface area contributed by atoms with Crippen LogP contribution in [-0.4, -0.2) is 23.5 Å². The van der Waals surface area contributed by atoms with Gasteiger partial charge < -0.3 is 16.4 Å². The highest BCUT2D eigenvalue weighted by molar-refractivity contribution is 9.10. The van der Waals surface area contributed by atoms with Gasteiger partial charge in [-0.2, -0.15) is 0 Å². The van der Waals surface area contributed by atoms with Crippen molar-refractivity contribution in [2.45, 2.75) is 19.9 Å². The summed E-state index contributed by atoms with van der Waals surface area (Å²) in [7, 11) is 0. The lowest BCUT2D eigenvalue weighted by Crippen LogP contribution is -2.39. The van der Waals surface area contributed by atoms with E-state index in [0.29, 0.717) is 4.99 Å². The van der Waals surface area contributed by atoms with Crippen LogP contribution >= 0.6 is 28.1 Å². The predicted octanol–water partition coefficient (Wildman–Crippen LogP) is 1.78. The van der Waals surface area contributed by atoms with E-state index in [4.69, 9.17) is 23.7 Å². The molecule has 0 radical (unpaired) electrons. The van der Waals surface area contributed by atoms with Crippen molar-refractivity contribution in [1.29, 1.82) is 0 Å². The Morgan fingerprint density at radius 1 is 1.44 bits per heavy atom. The van der Waals surface area contributed by atoms with Crippen molar-refractivity contribution >= 4 is 44.7 Å². The molecular weight excluding hydrogens is 314 g/mol. The quantitative estimate of drug-likeness (QED) is 0.808. The molecule has 0 saturated carbocycles. The number of benzene rings is 1. The van der Waals surface area contributed by atoms with Gasteiger partial charge in [0, 0.05) is 21.8 Å². The molecule has 18 heavy (non-hydrogen) atoms. The normalized spacial score (nSPS) is 10.4. The van der Waals surface area contributed by atoms with Gasteiger partial charge in [-0.3, -0.25) is 4.79 Å². The summed E-state index contributed by atoms with van der Waals surface area (Å²) in [6.07, 6.45) is 0. The summed E-state index contributed by atoms with van der Waals surface area (Å²) in [5.74, 6) is -0.388. The molecule has 0 spiro atoms. The lowest BCUT2D eigenvalue weighted by Gasteiger charge is -2.29. The average Bonchev–Trinajstić information content (AvgIpc) is 2.25. The van der Waals surface area contributed by atoms with Crippen LogP contribution in [0.5, 0.6) is 0 Å². The lowest BCUT2D eigenvalue weighted by atomic mass is 10.1. The Kier molecular flexibility index (Phi) is 5.10. The molecule has 0 unspecified atom stereocenters. The molecule has 4 N–H and O–H groups in total. The maximum absolute atomic E-state index is 11.1. The first-order valence-electron chi connectivity index (χ1n) is 5.47. The Balaban J connectivity index is 3.27. The number of primary amides is 1. The third kappa shape index (κ3) is 3.68. The predicted molar refractivity (Wildman–Crippen MR) is 81.7 cm³/mol. The van der Waals surface area contributed by atoms with Crippen LogP contribution in [-0.2, 0) is 4.79 Å². The van der Waals surface area contributed by atoms with Crippen LogP contribution in [0.2, 0.25) is 0 Å². The molecule has 0 fully saturated rings. The van der Waals surface area contributed by atoms with Crippen molar-refractivity contribution in [2.75, 3.05) is 11.4 Å². The van der Waals surface area contributed by atoms with E-state index in [-0.39, 0.29) is 18.5 Å². The molecular formula is C12H16BrN3OS. The second-order valence-electron chi connectivity index (χ2n) is 4.21. The smallest absolute Gasteiger partial charge is 0.236 e. The van der Waals surface area contributed by atoms with E-state index in [9.17, 15) is 4.79 Å². The fourth-order valence-electron chi connectivity index (χ4n) is 1.67. The second kappa shape index (κ2) is 6.15. The van der Waals surface area contributed by atoms with Gasteiger partial charge >= 0.3 is 0 Å². The van der Waals surface area contributed by atoms with Gasteiger partial charge in [0.25, 0.3) is 0 Å². The van der Waals surface area contributed by atoms with Gasteiger partial charge in [0.1, 0.15) is 4.99 Å². The van der Waals surface area contributed by atoms with Crippen LogP contribution < -0.4 is 16.4 Å². The first kappa shape index (κ1) is 14.9. The molecule has 0 heterocycles. The highest BCUT2D eigenvalue weighted by Crippen LogP contribution is 2.26. The Morgan fingerprint density at radius 3 is 2.50 bits per heavy atom. The Hall–Kier alpha value is -1.14. The maximum Gasteiger partial charge on any atom is 0.236 e. The zero-order valence-corrected chi connectivity index (χ0v) is 12.7. The second-order valence-corrected chi connectivity index (χ2v) is 5.57. The SMILES string of the molecule is CC(C)N(CC(N)=O)c1ccc(Br)cc1C(N)=S. The molecule has 0 aliphatic heterocycles. The number of carbonyl (C=O) groups is 1. The number of hydrogen-bond acceptors (Lipinski definition) is 3. The van der Waals surface area contributed by atoms with Crippen LogP contribution in [0.1, 0.15) is 19.4 Å². The molecule has 0 aliphatic carbocycles. The zero-order valence-electron chi connectivity index (χ0n) is 10.3. The van der Waals surface area contributed by atoms with Gasteiger partial charge in [-0.05, 0) is 32.0 Å². The highest BCUT2D eigenvalue weighted by atomic mass is 79.9. The monoisotopic (exact) mass is 329 g/mol. The van der Waals surface area contributed by atoms with Crippen molar-refractivity contribution in [3.05, 3.63) is 28.2 Å². The van der Waals surface area contributed by atoms with E-state index in [1.165, 1.54) is 0 Å². The first-order valence-corrected chi connectivity index (χ1v) is 6.67. The molecule has 0 atom stereocenters. The summed E-state index contributed by atoms with van der Waals surface area (Å²) in [6, 6.07) is 5.72. The van der Waals surface area contributed by atoms with Crippen LogP contribution in [0, 0.1) is 0 Å². The number of halogens is 1. The van der Waals surface area contributed by atoms with Crippen LogP contribution in [0.15, 0.2) is 22.7 Å². The van der Waals surface area contributed by atoms with Crippen molar-refractivity contribution in [3.63, 3.8) is 0 Å². The number of thiocarbonyl (C=S) groups is 1. The van der Waals surface area contributed by atoms with E-state index in [1.807, 2.05) is 36.9 Å². The maximum atomic E-state index is 11.1. The molecule has 0 aromatic heterocycles. The minimum absolute atomic E-state index is 0.117. The third-order valence-electron chi connectivity index (χ3n) is 2.48. The van der Waals surface area contributed by atoms with Crippen LogP contribution in [0.25, 0.3) is 0 Å². The zero-order chi connectivity index (χ0) is 13.9. The van der Waals surface area contributed by atoms with Crippen molar-refractivity contribution in [1.82, 2.24) is 0 Å². The average molecular weight is 330 g/mol. The third-order valence-corrected chi connectivity index (χ3v) is 3.20. The van der Waals surface area contributed by atoms with E-state index < -0.39 is 0 Å². The molecule has 0 saturated heterocycles. The van der Waals surface area contributed by atoms with Crippen LogP contribution in [0.3, 0.4) is 0 Å². The van der Waals surface area contributed by atoms with Crippen molar-refractivity contribution < 1.29 is 4.79 Å². The van der Waals surface area contributed by atoms with Crippen molar-refractivity contribution in [2.24, 2.45) is 11.5 Å². The Labute approximate surface area is 120 Å². The van der Waals surface area contributed by atoms with Gasteiger partial charge in [-0.25, -0.2) is 0 Å². The topological polar surface area (TPSA) is 72.3 Å². The molecule has 4 nitrogen and oxygen atoms in total. The van der Waals surface area contributed by atoms with E-state index >= 15 is 0 Å². The van der Waals surface area contributed by atoms with Gasteiger partial charge in [0.2, 0.25) is 5.91 Å². The minimum Gasteiger partial charge on any atom is -0.389 e. The summed E-state index contributed by atoms with van der Waals surface area (Å²) >= 11 is 8.42. The molecule has 6 heteroatoms. The lowest BCUT2D eigenvalue weighted by molar-refractivity contribution is -0.116. The largest absolute Gasteiger partial charge is 0.389 e. The standard InChI is InChI=1S/C12H16BrN3OS/c1-7(2)16(6-11(14)17)10-4-3-8(13)5-9(10)12(15)18/h3-5,7H,6H2,1-2H3,(H2,14,17)(H2,15,18). The first-order chi connectivity index (χ1) is 8.32. The molecule has 1 amide bonds. The minimum atomic E-state index is -0.388. The highest BCUT2D eigenvalue weighted by Gasteiger charge is 2.17. The molecule has 1 aromatic carbocycles. The van der Waals surface area contributed by atoms with Gasteiger partial charge in [0.15, 0.2) is 0 Å². The van der Waals surface area contributed by atoms with Crippen molar-refractivity contribution in [3.8, 4) is 0 Å². The van der Waals surface area contributed by atoms with E-state index in [2.05, 4.69) is 15.9 Å². The number of amides is 1. The number of carbonyl (C=O) groups excluding carboxylic acids is 1. The van der Waals surface area contributed by atoms with Crippen LogP contribution in [0.4, 0.5) is 5.69 Å². The van der Waals surface area contributed by atoms with Gasteiger partial charge in [0.05, 0.1) is 6.54 Å². The Bertz CT molecular complexity index is 476. The number of anilines is 1. The number of nitrogens with two attached hydrogens (primary N) is 2. The summed E-state index contributed by atoms with van der Waals surface area (Å²) < 4.78 is 0.886. The molecule has 98 valence electrons. The summed E-state index contributed by atoms with van der Waals surface area (Å²) in [5.41, 5.74) is 12.5. The molecule has 1 aromatic rings. The Morgan fingerprint density at radius 2 is 2.06 bits per heavy atom. The number of nitrogens with zero attached hydrogens (tertiary/aromatic N) is 1. The van der Waals surface area contributed by atoms with Gasteiger partial charge in [-0.1, -0.05) is 28.1 Å². The van der Waals surface area contributed by atoms with E-state index in [0.717, 1.165) is 15.7 Å². The fourth-order valence-corrected chi connectivity index (χ4v) is 2.19. The summed E-state index contributed by atoms with van der Waals surface area (Å²) in [6.45, 7) is 4.09. The van der Waals surface area contributed by atoms with E-state index in [1.54, 1.807) is 0 Å². The number of rotatable bonds is 5. The number of hydrogen-bond donors (Lipinski definition) is 2. The molecule has 0 bridgehead atoms. The fraction of sp³-hybridized carbons (Fsp3) is 0.333. The molecule has 1 rings (SSSR count). The molecule has 0 aliphatic rings. The van der Waals surface area contributed by atoms with Gasteiger partial charge in [-0.15, -0.1) is 0 Å². The summed E-state index contributed by atoms with van der Waals surface area (Å²) in [4.78, 5) is 13.3. The summed E-state index contributed by atoms with van der Waals surface area (Å²) in [5, 5.41) is 0.